The van der Waals surface area contributed by atoms with Gasteiger partial charge in [-0.25, -0.2) is 9.82 Å². The first kappa shape index (κ1) is 26.6. The molecule has 6 heteroatoms. The van der Waals surface area contributed by atoms with Crippen LogP contribution in [0.4, 0.5) is 4.39 Å². The fourth-order valence-electron chi connectivity index (χ4n) is 4.53. The Labute approximate surface area is 210 Å². The number of aromatic nitrogens is 1. The van der Waals surface area contributed by atoms with E-state index in [0.717, 1.165) is 43.5 Å². The van der Waals surface area contributed by atoms with Crippen LogP contribution < -0.4 is 16.1 Å². The SMILES string of the molecule is C/C=C(/C(C)CCNC)N(/C=C(\C=C/CC)c1cncc(F)c1)NCCC1=CNC2C=CC=CC12. The van der Waals surface area contributed by atoms with Gasteiger partial charge in [-0.15, -0.1) is 0 Å². The van der Waals surface area contributed by atoms with Gasteiger partial charge in [-0.3, -0.25) is 9.99 Å². The van der Waals surface area contributed by atoms with E-state index in [2.05, 4.69) is 95.7 Å². The van der Waals surface area contributed by atoms with Crippen molar-refractivity contribution in [3.05, 3.63) is 96.0 Å². The van der Waals surface area contributed by atoms with E-state index in [-0.39, 0.29) is 5.82 Å². The minimum atomic E-state index is -0.337. The molecule has 0 saturated heterocycles. The van der Waals surface area contributed by atoms with Crippen LogP contribution in [0, 0.1) is 17.7 Å². The second kappa shape index (κ2) is 13.8. The maximum atomic E-state index is 14.0. The van der Waals surface area contributed by atoms with E-state index in [0.29, 0.717) is 17.9 Å². The molecule has 3 atom stereocenters. The minimum absolute atomic E-state index is 0.335. The van der Waals surface area contributed by atoms with Crippen molar-refractivity contribution in [3.63, 3.8) is 0 Å². The molecule has 3 N–H and O–H groups in total. The predicted molar refractivity (Wildman–Crippen MR) is 144 cm³/mol. The van der Waals surface area contributed by atoms with Crippen molar-refractivity contribution in [2.24, 2.45) is 11.8 Å². The summed E-state index contributed by atoms with van der Waals surface area (Å²) in [5.41, 5.74) is 7.90. The monoisotopic (exact) mass is 477 g/mol. The van der Waals surface area contributed by atoms with Crippen LogP contribution in [0.5, 0.6) is 0 Å². The number of fused-ring (bicyclic) bond motifs is 1. The number of hydrazine groups is 1. The largest absolute Gasteiger partial charge is 0.384 e. The summed E-state index contributed by atoms with van der Waals surface area (Å²) in [6, 6.07) is 1.90. The fourth-order valence-corrected chi connectivity index (χ4v) is 4.53. The molecule has 1 aliphatic carbocycles. The second-order valence-electron chi connectivity index (χ2n) is 9.03. The molecule has 0 bridgehead atoms. The molecular weight excluding hydrogens is 437 g/mol. The van der Waals surface area contributed by atoms with Crippen LogP contribution in [0.25, 0.3) is 5.57 Å². The van der Waals surface area contributed by atoms with E-state index < -0.39 is 0 Å². The highest BCUT2D eigenvalue weighted by Crippen LogP contribution is 2.28. The van der Waals surface area contributed by atoms with Gasteiger partial charge in [-0.1, -0.05) is 56.4 Å². The average Bonchev–Trinajstić information content (AvgIpc) is 3.28. The Kier molecular flexibility index (Phi) is 10.5. The summed E-state index contributed by atoms with van der Waals surface area (Å²) in [6.07, 6.45) is 25.1. The number of hydrogen-bond acceptors (Lipinski definition) is 5. The lowest BCUT2D eigenvalue weighted by molar-refractivity contribution is 0.297. The Hall–Kier alpha value is -2.96. The zero-order valence-corrected chi connectivity index (χ0v) is 21.5. The first-order chi connectivity index (χ1) is 17.1. The summed E-state index contributed by atoms with van der Waals surface area (Å²) in [6.45, 7) is 8.14. The standard InChI is InChI=1S/C29H40FN5/c1-5-7-10-24(25-17-26(30)20-32-18-25)21-35(29(6-2)22(3)13-15-31-4)34-16-14-23-19-33-28-12-9-8-11-27(23)28/h6-12,17-22,27-28,31,33-34H,5,13-16H2,1-4H3/b10-7-,24-21+,29-6-. The van der Waals surface area contributed by atoms with Gasteiger partial charge in [0.2, 0.25) is 0 Å². The molecule has 1 aromatic heterocycles. The van der Waals surface area contributed by atoms with Crippen LogP contribution in [0.1, 0.15) is 45.6 Å². The highest BCUT2D eigenvalue weighted by molar-refractivity contribution is 5.73. The van der Waals surface area contributed by atoms with Gasteiger partial charge in [0.1, 0.15) is 5.82 Å². The summed E-state index contributed by atoms with van der Waals surface area (Å²) >= 11 is 0. The topological polar surface area (TPSA) is 52.2 Å². The van der Waals surface area contributed by atoms with Crippen molar-refractivity contribution >= 4 is 5.57 Å². The van der Waals surface area contributed by atoms with Gasteiger partial charge in [0.05, 0.1) is 12.2 Å². The van der Waals surface area contributed by atoms with Crippen LogP contribution in [0.2, 0.25) is 0 Å². The molecule has 0 amide bonds. The Morgan fingerprint density at radius 2 is 2.09 bits per heavy atom. The van der Waals surface area contributed by atoms with E-state index in [4.69, 9.17) is 0 Å². The molecule has 3 unspecified atom stereocenters. The smallest absolute Gasteiger partial charge is 0.142 e. The maximum absolute atomic E-state index is 14.0. The van der Waals surface area contributed by atoms with Gasteiger partial charge in [0.15, 0.2) is 0 Å². The van der Waals surface area contributed by atoms with Crippen molar-refractivity contribution in [2.75, 3.05) is 20.1 Å². The average molecular weight is 478 g/mol. The molecule has 188 valence electrons. The number of rotatable bonds is 13. The molecule has 0 spiro atoms. The lowest BCUT2D eigenvalue weighted by Gasteiger charge is -2.30. The number of hydrogen-bond donors (Lipinski definition) is 3. The lowest BCUT2D eigenvalue weighted by Crippen LogP contribution is -2.37. The first-order valence-electron chi connectivity index (χ1n) is 12.7. The molecule has 0 fully saturated rings. The molecule has 2 aliphatic rings. The van der Waals surface area contributed by atoms with E-state index in [1.54, 1.807) is 6.20 Å². The summed E-state index contributed by atoms with van der Waals surface area (Å²) in [4.78, 5) is 4.08. The quantitative estimate of drug-likeness (QED) is 0.260. The van der Waals surface area contributed by atoms with Crippen LogP contribution >= 0.6 is 0 Å². The van der Waals surface area contributed by atoms with Crippen molar-refractivity contribution in [1.29, 1.82) is 0 Å². The Morgan fingerprint density at radius 1 is 1.26 bits per heavy atom. The third kappa shape index (κ3) is 7.51. The summed E-state index contributed by atoms with van der Waals surface area (Å²) in [5.74, 6) is 0.417. The molecule has 3 rings (SSSR count). The van der Waals surface area contributed by atoms with Gasteiger partial charge < -0.3 is 10.6 Å². The van der Waals surface area contributed by atoms with Crippen molar-refractivity contribution in [1.82, 2.24) is 26.1 Å². The van der Waals surface area contributed by atoms with Crippen LogP contribution in [-0.4, -0.2) is 36.2 Å². The number of pyridine rings is 1. The van der Waals surface area contributed by atoms with Crippen LogP contribution in [0.3, 0.4) is 0 Å². The van der Waals surface area contributed by atoms with E-state index >= 15 is 0 Å². The van der Waals surface area contributed by atoms with E-state index in [1.807, 2.05) is 13.1 Å². The van der Waals surface area contributed by atoms with Gasteiger partial charge in [-0.05, 0) is 63.5 Å². The number of nitrogens with zero attached hydrogens (tertiary/aromatic N) is 2. The Morgan fingerprint density at radius 3 is 2.83 bits per heavy atom. The van der Waals surface area contributed by atoms with Crippen LogP contribution in [-0.2, 0) is 0 Å². The molecule has 1 aromatic rings. The first-order valence-corrected chi connectivity index (χ1v) is 12.7. The Balaban J connectivity index is 1.83. The van der Waals surface area contributed by atoms with Crippen molar-refractivity contribution < 1.29 is 4.39 Å². The maximum Gasteiger partial charge on any atom is 0.142 e. The molecule has 35 heavy (non-hydrogen) atoms. The highest BCUT2D eigenvalue weighted by atomic mass is 19.1. The second-order valence-corrected chi connectivity index (χ2v) is 9.03. The van der Waals surface area contributed by atoms with Gasteiger partial charge >= 0.3 is 0 Å². The molecule has 0 radical (unpaired) electrons. The molecule has 0 saturated carbocycles. The highest BCUT2D eigenvalue weighted by Gasteiger charge is 2.26. The summed E-state index contributed by atoms with van der Waals surface area (Å²) in [5, 5.41) is 8.86. The lowest BCUT2D eigenvalue weighted by atomic mass is 9.90. The zero-order valence-electron chi connectivity index (χ0n) is 21.5. The van der Waals surface area contributed by atoms with Gasteiger partial charge in [-0.2, -0.15) is 0 Å². The molecule has 1 aliphatic heterocycles. The molecular formula is C29H40FN5. The normalized spacial score (nSPS) is 20.7. The van der Waals surface area contributed by atoms with Crippen molar-refractivity contribution in [3.8, 4) is 0 Å². The number of nitrogens with one attached hydrogen (secondary N) is 3. The summed E-state index contributed by atoms with van der Waals surface area (Å²) < 4.78 is 14.0. The number of allylic oxidation sites excluding steroid dienone is 7. The predicted octanol–water partition coefficient (Wildman–Crippen LogP) is 5.47. The Bertz CT molecular complexity index is 1000. The molecule has 5 nitrogen and oxygen atoms in total. The minimum Gasteiger partial charge on any atom is -0.384 e. The van der Waals surface area contributed by atoms with Crippen molar-refractivity contribution in [2.45, 2.75) is 46.1 Å². The van der Waals surface area contributed by atoms with Crippen LogP contribution in [0.15, 0.2) is 84.7 Å². The third-order valence-corrected chi connectivity index (χ3v) is 6.47. The fraction of sp³-hybridized carbons (Fsp3) is 0.414. The number of halogens is 1. The molecule has 0 aromatic carbocycles. The molecule has 2 heterocycles. The van der Waals surface area contributed by atoms with E-state index in [1.165, 1.54) is 23.5 Å². The van der Waals surface area contributed by atoms with Gasteiger partial charge in [0.25, 0.3) is 0 Å². The summed E-state index contributed by atoms with van der Waals surface area (Å²) in [7, 11) is 1.98. The van der Waals surface area contributed by atoms with E-state index in [9.17, 15) is 4.39 Å². The third-order valence-electron chi connectivity index (χ3n) is 6.47. The van der Waals surface area contributed by atoms with Gasteiger partial charge in [0, 0.05) is 41.7 Å². The zero-order chi connectivity index (χ0) is 25.0.